The monoisotopic (exact) mass is 599 g/mol. The molecule has 220 valence electrons. The van der Waals surface area contributed by atoms with Gasteiger partial charge in [-0.1, -0.05) is 67.3 Å². The normalized spacial score (nSPS) is 27.3. The van der Waals surface area contributed by atoms with Crippen molar-refractivity contribution in [1.82, 2.24) is 9.80 Å². The van der Waals surface area contributed by atoms with Crippen LogP contribution in [0.1, 0.15) is 54.8 Å². The predicted molar refractivity (Wildman–Crippen MR) is 159 cm³/mol. The maximum absolute atomic E-state index is 14.9. The van der Waals surface area contributed by atoms with E-state index < -0.39 is 47.1 Å². The fourth-order valence-electron chi connectivity index (χ4n) is 7.90. The smallest absolute Gasteiger partial charge is 0.300 e. The molecule has 3 saturated heterocycles. The van der Waals surface area contributed by atoms with Gasteiger partial charge in [-0.25, -0.2) is 14.1 Å². The van der Waals surface area contributed by atoms with E-state index in [2.05, 4.69) is 0 Å². The van der Waals surface area contributed by atoms with E-state index in [1.807, 2.05) is 13.0 Å². The molecule has 0 aromatic heterocycles. The Hall–Kier alpha value is -4.04. The van der Waals surface area contributed by atoms with Gasteiger partial charge in [0.05, 0.1) is 23.6 Å². The minimum absolute atomic E-state index is 0.0213. The fraction of sp³-hybridized carbons (Fsp3) is 0.353. The van der Waals surface area contributed by atoms with Crippen molar-refractivity contribution in [2.24, 2.45) is 11.8 Å². The highest BCUT2D eigenvalue weighted by atomic mass is 35.5. The number of benzene rings is 3. The number of amides is 5. The first-order chi connectivity index (χ1) is 20.7. The van der Waals surface area contributed by atoms with Crippen LogP contribution in [0, 0.1) is 24.6 Å². The molecule has 7 nitrogen and oxygen atoms in total. The Labute approximate surface area is 254 Å². The molecule has 0 bridgehead atoms. The van der Waals surface area contributed by atoms with Crippen LogP contribution < -0.4 is 4.90 Å². The third kappa shape index (κ3) is 4.13. The van der Waals surface area contributed by atoms with Crippen LogP contribution in [0.5, 0.6) is 0 Å². The lowest BCUT2D eigenvalue weighted by molar-refractivity contribution is -0.147. The average Bonchev–Trinajstić information content (AvgIpc) is 3.52. The van der Waals surface area contributed by atoms with Gasteiger partial charge in [0.15, 0.2) is 0 Å². The molecule has 7 rings (SSSR count). The van der Waals surface area contributed by atoms with Crippen LogP contribution in [0.4, 0.5) is 14.9 Å². The van der Waals surface area contributed by atoms with Crippen LogP contribution in [0.25, 0.3) is 0 Å². The number of carbonyl (C=O) groups is 4. The number of urea groups is 1. The van der Waals surface area contributed by atoms with Crippen molar-refractivity contribution in [1.29, 1.82) is 0 Å². The Morgan fingerprint density at radius 2 is 1.58 bits per heavy atom. The Balaban J connectivity index is 1.45. The second kappa shape index (κ2) is 10.3. The summed E-state index contributed by atoms with van der Waals surface area (Å²) in [5.41, 5.74) is 0.801. The third-order valence-electron chi connectivity index (χ3n) is 9.72. The predicted octanol–water partition coefficient (Wildman–Crippen LogP) is 6.23. The lowest BCUT2D eigenvalue weighted by atomic mass is 9.75. The van der Waals surface area contributed by atoms with Gasteiger partial charge in [0.25, 0.3) is 5.91 Å². The van der Waals surface area contributed by atoms with E-state index in [1.165, 1.54) is 21.9 Å². The van der Waals surface area contributed by atoms with Gasteiger partial charge in [0, 0.05) is 17.5 Å². The Kier molecular flexibility index (Phi) is 6.65. The summed E-state index contributed by atoms with van der Waals surface area (Å²) in [6, 6.07) is 18.0. The summed E-state index contributed by atoms with van der Waals surface area (Å²) in [7, 11) is 0. The summed E-state index contributed by atoms with van der Waals surface area (Å²) >= 11 is 6.18. The zero-order chi connectivity index (χ0) is 30.0. The largest absolute Gasteiger partial charge is 0.332 e. The number of anilines is 1. The number of aryl methyl sites for hydroxylation is 1. The Bertz CT molecular complexity index is 1640. The molecule has 0 spiro atoms. The molecule has 43 heavy (non-hydrogen) atoms. The number of hydrogen-bond donors (Lipinski definition) is 0. The highest BCUT2D eigenvalue weighted by Gasteiger charge is 2.77. The van der Waals surface area contributed by atoms with Gasteiger partial charge in [-0.2, -0.15) is 0 Å². The molecule has 4 fully saturated rings. The van der Waals surface area contributed by atoms with Crippen molar-refractivity contribution in [3.8, 4) is 0 Å². The van der Waals surface area contributed by atoms with Crippen LogP contribution in [-0.4, -0.2) is 45.1 Å². The number of likely N-dealkylation sites (tertiary alicyclic amines) is 1. The van der Waals surface area contributed by atoms with E-state index in [-0.39, 0.29) is 18.4 Å². The summed E-state index contributed by atoms with van der Waals surface area (Å²) in [5, 5.41) is 0.511. The van der Waals surface area contributed by atoms with Crippen LogP contribution >= 0.6 is 11.6 Å². The van der Waals surface area contributed by atoms with Crippen molar-refractivity contribution in [2.45, 2.75) is 63.1 Å². The molecule has 1 aliphatic carbocycles. The first-order valence-electron chi connectivity index (χ1n) is 14.8. The standard InChI is InChI=1S/C34H31ClFN3O4/c1-20-6-5-9-26(18-20)38-32(42)34(19-21-10-14-23(35)15-11-21)28-27(30(40)37(31(28)41)25-7-3-2-4-8-25)29(39(34)33(38)43)22-12-16-24(36)17-13-22/h5-6,9-18,25,27-29H,2-4,7-8,19H2,1H3/t27?,28?,29?,34-/m1/s1. The number of nitrogens with zero attached hydrogens (tertiary/aromatic N) is 3. The van der Waals surface area contributed by atoms with Crippen LogP contribution in [0.3, 0.4) is 0 Å². The average molecular weight is 600 g/mol. The molecule has 3 heterocycles. The Morgan fingerprint density at radius 1 is 0.884 bits per heavy atom. The maximum atomic E-state index is 14.9. The molecule has 0 N–H and O–H groups in total. The molecule has 3 unspecified atom stereocenters. The molecular weight excluding hydrogens is 569 g/mol. The first kappa shape index (κ1) is 27.8. The zero-order valence-electron chi connectivity index (χ0n) is 23.7. The highest BCUT2D eigenvalue weighted by molar-refractivity contribution is 6.30. The van der Waals surface area contributed by atoms with E-state index in [1.54, 1.807) is 54.6 Å². The van der Waals surface area contributed by atoms with Crippen LogP contribution in [0.15, 0.2) is 72.8 Å². The van der Waals surface area contributed by atoms with Crippen molar-refractivity contribution in [3.05, 3.63) is 100 Å². The molecule has 9 heteroatoms. The lowest BCUT2D eigenvalue weighted by Crippen LogP contribution is -2.56. The molecular formula is C34H31ClFN3O4. The van der Waals surface area contributed by atoms with Crippen LogP contribution in [0.2, 0.25) is 5.02 Å². The highest BCUT2D eigenvalue weighted by Crippen LogP contribution is 2.60. The summed E-state index contributed by atoms with van der Waals surface area (Å²) in [4.78, 5) is 62.4. The van der Waals surface area contributed by atoms with Gasteiger partial charge in [-0.3, -0.25) is 19.3 Å². The van der Waals surface area contributed by atoms with E-state index in [9.17, 15) is 23.6 Å². The molecule has 0 radical (unpaired) electrons. The quantitative estimate of drug-likeness (QED) is 0.257. The lowest BCUT2D eigenvalue weighted by Gasteiger charge is -2.37. The summed E-state index contributed by atoms with van der Waals surface area (Å²) < 4.78 is 14.1. The summed E-state index contributed by atoms with van der Waals surface area (Å²) in [6.45, 7) is 1.87. The minimum atomic E-state index is -1.67. The number of rotatable bonds is 5. The topological polar surface area (TPSA) is 78.0 Å². The Morgan fingerprint density at radius 3 is 2.26 bits per heavy atom. The minimum Gasteiger partial charge on any atom is -0.300 e. The molecule has 3 aromatic carbocycles. The van der Waals surface area contributed by atoms with Crippen molar-refractivity contribution in [2.75, 3.05) is 4.90 Å². The molecule has 3 aromatic rings. The molecule has 5 amide bonds. The molecule has 1 saturated carbocycles. The second-order valence-electron chi connectivity index (χ2n) is 12.2. The van der Waals surface area contributed by atoms with Crippen molar-refractivity contribution >= 4 is 41.0 Å². The van der Waals surface area contributed by atoms with Gasteiger partial charge in [-0.05, 0) is 72.9 Å². The van der Waals surface area contributed by atoms with E-state index in [4.69, 9.17) is 11.6 Å². The van der Waals surface area contributed by atoms with Crippen LogP contribution in [-0.2, 0) is 20.8 Å². The van der Waals surface area contributed by atoms with E-state index >= 15 is 0 Å². The summed E-state index contributed by atoms with van der Waals surface area (Å²) in [6.07, 6.45) is 4.33. The van der Waals surface area contributed by atoms with E-state index in [0.717, 1.165) is 29.7 Å². The van der Waals surface area contributed by atoms with Gasteiger partial charge < -0.3 is 4.90 Å². The number of carbonyl (C=O) groups excluding carboxylic acids is 4. The first-order valence-corrected chi connectivity index (χ1v) is 15.2. The van der Waals surface area contributed by atoms with Crippen molar-refractivity contribution < 1.29 is 23.6 Å². The second-order valence-corrected chi connectivity index (χ2v) is 12.6. The zero-order valence-corrected chi connectivity index (χ0v) is 24.5. The molecule has 4 aliphatic rings. The number of fused-ring (bicyclic) bond motifs is 3. The third-order valence-corrected chi connectivity index (χ3v) is 9.97. The number of halogens is 2. The van der Waals surface area contributed by atoms with Gasteiger partial charge in [0.2, 0.25) is 11.8 Å². The van der Waals surface area contributed by atoms with Gasteiger partial charge in [-0.15, -0.1) is 0 Å². The van der Waals surface area contributed by atoms with Crippen molar-refractivity contribution in [3.63, 3.8) is 0 Å². The number of imide groups is 2. The SMILES string of the molecule is Cc1cccc(N2C(=O)N3C(c4ccc(F)cc4)C4C(=O)N(C5CCCCC5)C(=O)C4[C@]3(Cc3ccc(Cl)cc3)C2=O)c1. The number of hydrogen-bond acceptors (Lipinski definition) is 4. The maximum Gasteiger partial charge on any atom is 0.332 e. The summed E-state index contributed by atoms with van der Waals surface area (Å²) in [5.74, 6) is -3.84. The molecule has 3 aliphatic heterocycles. The van der Waals surface area contributed by atoms with Gasteiger partial charge in [0.1, 0.15) is 11.4 Å². The fourth-order valence-corrected chi connectivity index (χ4v) is 8.03. The molecule has 4 atom stereocenters. The van der Waals surface area contributed by atoms with E-state index in [0.29, 0.717) is 34.7 Å². The van der Waals surface area contributed by atoms with Gasteiger partial charge >= 0.3 is 6.03 Å².